The van der Waals surface area contributed by atoms with Crippen LogP contribution in [0.3, 0.4) is 0 Å². The second kappa shape index (κ2) is 12.4. The van der Waals surface area contributed by atoms with E-state index in [1.807, 2.05) is 24.3 Å². The van der Waals surface area contributed by atoms with Crippen molar-refractivity contribution in [3.8, 4) is 5.75 Å². The quantitative estimate of drug-likeness (QED) is 0.427. The molecule has 1 saturated heterocycles. The van der Waals surface area contributed by atoms with Crippen molar-refractivity contribution in [3.63, 3.8) is 0 Å². The van der Waals surface area contributed by atoms with Crippen LogP contribution >= 0.6 is 0 Å². The van der Waals surface area contributed by atoms with E-state index in [2.05, 4.69) is 4.90 Å². The molecular formula is C28H31F2NO4. The summed E-state index contributed by atoms with van der Waals surface area (Å²) < 4.78 is 32.8. The van der Waals surface area contributed by atoms with Gasteiger partial charge in [-0.3, -0.25) is 0 Å². The molecule has 0 bridgehead atoms. The first-order valence-corrected chi connectivity index (χ1v) is 11.7. The summed E-state index contributed by atoms with van der Waals surface area (Å²) in [6.07, 6.45) is 2.78. The molecule has 0 unspecified atom stereocenters. The third kappa shape index (κ3) is 6.87. The third-order valence-corrected chi connectivity index (χ3v) is 6.56. The summed E-state index contributed by atoms with van der Waals surface area (Å²) in [5.74, 6) is -0.635. The molecule has 0 aliphatic carbocycles. The van der Waals surface area contributed by atoms with E-state index in [-0.39, 0.29) is 28.6 Å². The summed E-state index contributed by atoms with van der Waals surface area (Å²) >= 11 is 0. The van der Waals surface area contributed by atoms with Crippen molar-refractivity contribution < 1.29 is 28.9 Å². The summed E-state index contributed by atoms with van der Waals surface area (Å²) in [4.78, 5) is 13.7. The number of aromatic carboxylic acids is 1. The Morgan fingerprint density at radius 3 is 2.00 bits per heavy atom. The standard InChI is InChI=1S/C28H29F2NO3.H2O/c29-23-10-6-20(7-11-23)27(21-8-12-24(30)13-9-21)22-14-17-31(18-15-22)16-3-19-34-26-5-2-1-4-25(26)28(32)33;/h1-2,4-13,22,27H,3,14-19H2,(H,32,33);1H2. The second-order valence-electron chi connectivity index (χ2n) is 8.76. The molecule has 1 heterocycles. The Morgan fingerprint density at radius 1 is 0.914 bits per heavy atom. The van der Waals surface area contributed by atoms with Gasteiger partial charge in [0.05, 0.1) is 6.61 Å². The molecule has 3 aromatic rings. The molecule has 0 spiro atoms. The second-order valence-corrected chi connectivity index (χ2v) is 8.76. The van der Waals surface area contributed by atoms with Crippen LogP contribution < -0.4 is 4.74 Å². The van der Waals surface area contributed by atoms with Crippen LogP contribution in [0.25, 0.3) is 0 Å². The van der Waals surface area contributed by atoms with E-state index in [1.165, 1.54) is 24.3 Å². The number of carboxylic acid groups (broad SMARTS) is 1. The summed E-state index contributed by atoms with van der Waals surface area (Å²) in [5.41, 5.74) is 2.28. The summed E-state index contributed by atoms with van der Waals surface area (Å²) in [5, 5.41) is 9.26. The van der Waals surface area contributed by atoms with E-state index >= 15 is 0 Å². The zero-order chi connectivity index (χ0) is 23.9. The van der Waals surface area contributed by atoms with Crippen LogP contribution in [0.5, 0.6) is 5.75 Å². The molecule has 0 aromatic heterocycles. The predicted molar refractivity (Wildman–Crippen MR) is 131 cm³/mol. The van der Waals surface area contributed by atoms with Gasteiger partial charge in [0.1, 0.15) is 22.9 Å². The molecule has 3 N–H and O–H groups in total. The molecular weight excluding hydrogens is 452 g/mol. The Labute approximate surface area is 204 Å². The minimum Gasteiger partial charge on any atom is -0.493 e. The van der Waals surface area contributed by atoms with Crippen LogP contribution in [0.15, 0.2) is 72.8 Å². The molecule has 35 heavy (non-hydrogen) atoms. The van der Waals surface area contributed by atoms with Gasteiger partial charge in [-0.1, -0.05) is 36.4 Å². The van der Waals surface area contributed by atoms with Crippen LogP contribution in [-0.4, -0.2) is 47.7 Å². The molecule has 0 radical (unpaired) electrons. The van der Waals surface area contributed by atoms with Crippen molar-refractivity contribution in [3.05, 3.63) is 101 Å². The normalized spacial score (nSPS) is 14.5. The summed E-state index contributed by atoms with van der Waals surface area (Å²) in [7, 11) is 0. The molecule has 0 saturated carbocycles. The van der Waals surface area contributed by atoms with E-state index in [4.69, 9.17) is 4.74 Å². The van der Waals surface area contributed by atoms with Crippen LogP contribution in [0, 0.1) is 17.6 Å². The van der Waals surface area contributed by atoms with Gasteiger partial charge in [-0.05, 0) is 85.8 Å². The number of halogens is 2. The monoisotopic (exact) mass is 483 g/mol. The number of benzene rings is 3. The fourth-order valence-corrected chi connectivity index (χ4v) is 4.83. The van der Waals surface area contributed by atoms with E-state index in [1.54, 1.807) is 24.3 Å². The molecule has 186 valence electrons. The highest BCUT2D eigenvalue weighted by molar-refractivity contribution is 5.90. The number of likely N-dealkylation sites (tertiary alicyclic amines) is 1. The minimum atomic E-state index is -0.991. The van der Waals surface area contributed by atoms with Gasteiger partial charge in [-0.25, -0.2) is 13.6 Å². The Hall–Kier alpha value is -3.29. The summed E-state index contributed by atoms with van der Waals surface area (Å²) in [6.45, 7) is 3.21. The molecule has 0 amide bonds. The van der Waals surface area contributed by atoms with Gasteiger partial charge in [0.25, 0.3) is 0 Å². The van der Waals surface area contributed by atoms with Gasteiger partial charge in [0.15, 0.2) is 0 Å². The predicted octanol–water partition coefficient (Wildman–Crippen LogP) is 5.15. The van der Waals surface area contributed by atoms with Crippen LogP contribution in [0.4, 0.5) is 8.78 Å². The molecule has 0 atom stereocenters. The number of nitrogens with zero attached hydrogens (tertiary/aromatic N) is 1. The fourth-order valence-electron chi connectivity index (χ4n) is 4.83. The molecule has 1 aliphatic heterocycles. The fraction of sp³-hybridized carbons (Fsp3) is 0.321. The maximum atomic E-state index is 13.5. The van der Waals surface area contributed by atoms with Crippen LogP contribution in [0.1, 0.15) is 46.7 Å². The highest BCUT2D eigenvalue weighted by Gasteiger charge is 2.29. The molecule has 1 fully saturated rings. The number of piperidine rings is 1. The maximum absolute atomic E-state index is 13.5. The molecule has 1 aliphatic rings. The van der Waals surface area contributed by atoms with Crippen molar-refractivity contribution in [2.75, 3.05) is 26.2 Å². The lowest BCUT2D eigenvalue weighted by atomic mass is 9.76. The number of carbonyl (C=O) groups is 1. The topological polar surface area (TPSA) is 81.3 Å². The van der Waals surface area contributed by atoms with Gasteiger partial charge in [-0.2, -0.15) is 0 Å². The lowest BCUT2D eigenvalue weighted by molar-refractivity contribution is 0.0692. The van der Waals surface area contributed by atoms with Gasteiger partial charge in [0.2, 0.25) is 0 Å². The third-order valence-electron chi connectivity index (χ3n) is 6.56. The van der Waals surface area contributed by atoms with Crippen molar-refractivity contribution in [1.82, 2.24) is 4.90 Å². The number of para-hydroxylation sites is 1. The van der Waals surface area contributed by atoms with Gasteiger partial charge < -0.3 is 20.2 Å². The number of hydrogen-bond acceptors (Lipinski definition) is 3. The first-order valence-electron chi connectivity index (χ1n) is 11.7. The van der Waals surface area contributed by atoms with Gasteiger partial charge in [-0.15, -0.1) is 0 Å². The van der Waals surface area contributed by atoms with Crippen LogP contribution in [-0.2, 0) is 0 Å². The van der Waals surface area contributed by atoms with Gasteiger partial charge in [0, 0.05) is 12.5 Å². The van der Waals surface area contributed by atoms with E-state index in [0.717, 1.165) is 50.0 Å². The minimum absolute atomic E-state index is 0. The van der Waals surface area contributed by atoms with Crippen LogP contribution in [0.2, 0.25) is 0 Å². The van der Waals surface area contributed by atoms with Gasteiger partial charge >= 0.3 is 5.97 Å². The SMILES string of the molecule is O.O=C(O)c1ccccc1OCCCN1CCC(C(c2ccc(F)cc2)c2ccc(F)cc2)CC1. The summed E-state index contributed by atoms with van der Waals surface area (Å²) in [6, 6.07) is 20.0. The largest absolute Gasteiger partial charge is 0.493 e. The molecule has 7 heteroatoms. The smallest absolute Gasteiger partial charge is 0.339 e. The number of ether oxygens (including phenoxy) is 1. The zero-order valence-corrected chi connectivity index (χ0v) is 19.5. The Morgan fingerprint density at radius 2 is 1.46 bits per heavy atom. The maximum Gasteiger partial charge on any atom is 0.339 e. The molecule has 4 rings (SSSR count). The van der Waals surface area contributed by atoms with Crippen molar-refractivity contribution in [2.24, 2.45) is 5.92 Å². The molecule has 5 nitrogen and oxygen atoms in total. The number of rotatable bonds is 9. The zero-order valence-electron chi connectivity index (χ0n) is 19.5. The highest BCUT2D eigenvalue weighted by atomic mass is 19.1. The average molecular weight is 484 g/mol. The van der Waals surface area contributed by atoms with E-state index in [0.29, 0.717) is 18.3 Å². The number of hydrogen-bond donors (Lipinski definition) is 1. The lowest BCUT2D eigenvalue weighted by Gasteiger charge is -2.36. The van der Waals surface area contributed by atoms with E-state index < -0.39 is 5.97 Å². The Balaban J connectivity index is 0.00000342. The van der Waals surface area contributed by atoms with Crippen molar-refractivity contribution in [1.29, 1.82) is 0 Å². The van der Waals surface area contributed by atoms with E-state index in [9.17, 15) is 18.7 Å². The Bertz CT molecular complexity index is 1040. The molecule has 3 aromatic carbocycles. The first kappa shape index (κ1) is 26.3. The van der Waals surface area contributed by atoms with Crippen molar-refractivity contribution >= 4 is 5.97 Å². The Kier molecular flexibility index (Phi) is 9.34. The lowest BCUT2D eigenvalue weighted by Crippen LogP contribution is -2.36. The average Bonchev–Trinajstić information content (AvgIpc) is 2.85. The highest BCUT2D eigenvalue weighted by Crippen LogP contribution is 2.38. The number of carboxylic acids is 1. The first-order chi connectivity index (χ1) is 16.5. The van der Waals surface area contributed by atoms with Crippen molar-refractivity contribution in [2.45, 2.75) is 25.2 Å².